The van der Waals surface area contributed by atoms with E-state index in [4.69, 9.17) is 0 Å². The van der Waals surface area contributed by atoms with Crippen LogP contribution in [0.2, 0.25) is 0 Å². The molecule has 1 aliphatic carbocycles. The summed E-state index contributed by atoms with van der Waals surface area (Å²) in [5.41, 5.74) is 0. The van der Waals surface area contributed by atoms with Crippen molar-refractivity contribution in [2.24, 2.45) is 16.8 Å². The van der Waals surface area contributed by atoms with Crippen LogP contribution in [-0.4, -0.2) is 6.21 Å². The highest BCUT2D eigenvalue weighted by molar-refractivity contribution is 5.61. The van der Waals surface area contributed by atoms with Gasteiger partial charge in [0.25, 0.3) is 0 Å². The summed E-state index contributed by atoms with van der Waals surface area (Å²) in [5.74, 6) is 1.54. The van der Waals surface area contributed by atoms with Crippen molar-refractivity contribution in [2.45, 2.75) is 32.6 Å². The quantitative estimate of drug-likeness (QED) is 0.538. The Balaban J connectivity index is 2.41. The predicted octanol–water partition coefficient (Wildman–Crippen LogP) is 3.03. The smallest absolute Gasteiger partial charge is 0.0192 e. The van der Waals surface area contributed by atoms with E-state index < -0.39 is 0 Å². The summed E-state index contributed by atoms with van der Waals surface area (Å²) in [6, 6.07) is 0. The molecule has 1 nitrogen and oxygen atoms in total. The van der Waals surface area contributed by atoms with Crippen molar-refractivity contribution in [3.8, 4) is 0 Å². The van der Waals surface area contributed by atoms with Crippen LogP contribution in [0.1, 0.15) is 32.6 Å². The van der Waals surface area contributed by atoms with Crippen LogP contribution in [0.5, 0.6) is 0 Å². The molecule has 1 saturated carbocycles. The van der Waals surface area contributed by atoms with Gasteiger partial charge >= 0.3 is 0 Å². The summed E-state index contributed by atoms with van der Waals surface area (Å²) in [6.07, 6.45) is 9.16. The fourth-order valence-corrected chi connectivity index (χ4v) is 1.74. The van der Waals surface area contributed by atoms with Crippen molar-refractivity contribution in [3.05, 3.63) is 12.8 Å². The molecule has 0 bridgehead atoms. The minimum Gasteiger partial charge on any atom is -0.269 e. The molecule has 0 aromatic carbocycles. The van der Waals surface area contributed by atoms with E-state index >= 15 is 0 Å². The Morgan fingerprint density at radius 1 is 1.36 bits per heavy atom. The molecule has 1 rings (SSSR count). The maximum absolute atomic E-state index is 4.08. The normalized spacial score (nSPS) is 32.5. The van der Waals surface area contributed by atoms with E-state index in [-0.39, 0.29) is 0 Å². The van der Waals surface area contributed by atoms with Gasteiger partial charge in [0, 0.05) is 12.4 Å². The average Bonchev–Trinajstić information content (AvgIpc) is 2.03. The van der Waals surface area contributed by atoms with Gasteiger partial charge in [-0.25, -0.2) is 0 Å². The number of rotatable bonds is 2. The number of aliphatic imine (C=N–C) groups is 1. The summed E-state index contributed by atoms with van der Waals surface area (Å²) in [4.78, 5) is 4.08. The molecule has 1 fully saturated rings. The Kier molecular flexibility index (Phi) is 3.34. The minimum atomic E-state index is 0.710. The van der Waals surface area contributed by atoms with Crippen molar-refractivity contribution < 1.29 is 0 Å². The maximum Gasteiger partial charge on any atom is 0.0192 e. The molecule has 11 heavy (non-hydrogen) atoms. The molecular formula is C10H17N. The highest BCUT2D eigenvalue weighted by Gasteiger charge is 2.18. The molecule has 1 unspecified atom stereocenters. The third-order valence-electron chi connectivity index (χ3n) is 2.56. The van der Waals surface area contributed by atoms with Crippen molar-refractivity contribution in [1.82, 2.24) is 0 Å². The van der Waals surface area contributed by atoms with E-state index in [0.717, 1.165) is 5.92 Å². The Morgan fingerprint density at radius 2 is 2.09 bits per heavy atom. The molecule has 0 aromatic heterocycles. The van der Waals surface area contributed by atoms with Crippen LogP contribution in [0, 0.1) is 11.8 Å². The van der Waals surface area contributed by atoms with Crippen LogP contribution in [0.3, 0.4) is 0 Å². The second-order valence-electron chi connectivity index (χ2n) is 3.41. The molecule has 0 heterocycles. The van der Waals surface area contributed by atoms with Gasteiger partial charge in [-0.3, -0.25) is 4.99 Å². The Hall–Kier alpha value is -0.590. The van der Waals surface area contributed by atoms with Gasteiger partial charge in [-0.15, -0.1) is 0 Å². The van der Waals surface area contributed by atoms with Crippen molar-refractivity contribution in [1.29, 1.82) is 0 Å². The molecule has 0 aromatic rings. The molecule has 0 radical (unpaired) electrons. The van der Waals surface area contributed by atoms with Crippen molar-refractivity contribution >= 4 is 6.21 Å². The van der Waals surface area contributed by atoms with E-state index in [0.29, 0.717) is 5.92 Å². The standard InChI is InChI=1S/C10H17N/c1-3-11-8-10-7-5-4-6-9(10)2/h3,8-10H,1,4-7H2,2H3/t9?,10-/m1/s1. The first kappa shape index (κ1) is 8.51. The summed E-state index contributed by atoms with van der Waals surface area (Å²) >= 11 is 0. The number of nitrogens with zero attached hydrogens (tertiary/aromatic N) is 1. The van der Waals surface area contributed by atoms with E-state index in [2.05, 4.69) is 24.7 Å². The fourth-order valence-electron chi connectivity index (χ4n) is 1.74. The lowest BCUT2D eigenvalue weighted by Crippen LogP contribution is -2.17. The summed E-state index contributed by atoms with van der Waals surface area (Å²) in [6.45, 7) is 5.89. The average molecular weight is 151 g/mol. The second-order valence-corrected chi connectivity index (χ2v) is 3.41. The monoisotopic (exact) mass is 151 g/mol. The van der Waals surface area contributed by atoms with Crippen LogP contribution in [0.15, 0.2) is 17.8 Å². The molecule has 0 amide bonds. The fraction of sp³-hybridized carbons (Fsp3) is 0.700. The van der Waals surface area contributed by atoms with Gasteiger partial charge in [0.2, 0.25) is 0 Å². The van der Waals surface area contributed by atoms with Crippen molar-refractivity contribution in [2.75, 3.05) is 0 Å². The molecule has 2 atom stereocenters. The first-order chi connectivity index (χ1) is 5.34. The number of hydrogen-bond donors (Lipinski definition) is 0. The van der Waals surface area contributed by atoms with Crippen LogP contribution >= 0.6 is 0 Å². The summed E-state index contributed by atoms with van der Waals surface area (Å²) < 4.78 is 0. The third-order valence-corrected chi connectivity index (χ3v) is 2.56. The van der Waals surface area contributed by atoms with Gasteiger partial charge in [0.1, 0.15) is 0 Å². The van der Waals surface area contributed by atoms with Gasteiger partial charge < -0.3 is 0 Å². The van der Waals surface area contributed by atoms with Gasteiger partial charge in [-0.05, 0) is 18.3 Å². The van der Waals surface area contributed by atoms with E-state index in [9.17, 15) is 0 Å². The molecule has 0 aliphatic heterocycles. The topological polar surface area (TPSA) is 12.4 Å². The Bertz CT molecular complexity index is 149. The molecule has 1 aliphatic rings. The van der Waals surface area contributed by atoms with Gasteiger partial charge in [0.05, 0.1) is 0 Å². The van der Waals surface area contributed by atoms with Gasteiger partial charge in [-0.2, -0.15) is 0 Å². The predicted molar refractivity (Wildman–Crippen MR) is 49.8 cm³/mol. The van der Waals surface area contributed by atoms with E-state index in [1.807, 2.05) is 0 Å². The molecule has 0 spiro atoms. The third kappa shape index (κ3) is 2.49. The lowest BCUT2D eigenvalue weighted by atomic mass is 9.81. The summed E-state index contributed by atoms with van der Waals surface area (Å²) in [5, 5.41) is 0. The van der Waals surface area contributed by atoms with Crippen LogP contribution in [0.25, 0.3) is 0 Å². The largest absolute Gasteiger partial charge is 0.269 e. The summed E-state index contributed by atoms with van der Waals surface area (Å²) in [7, 11) is 0. The molecule has 0 N–H and O–H groups in total. The molecule has 62 valence electrons. The molecule has 0 saturated heterocycles. The van der Waals surface area contributed by atoms with Crippen LogP contribution in [-0.2, 0) is 0 Å². The zero-order valence-electron chi connectivity index (χ0n) is 7.29. The van der Waals surface area contributed by atoms with Gasteiger partial charge in [-0.1, -0.05) is 32.8 Å². The Morgan fingerprint density at radius 3 is 2.73 bits per heavy atom. The minimum absolute atomic E-state index is 0.710. The van der Waals surface area contributed by atoms with Crippen LogP contribution < -0.4 is 0 Å². The number of hydrogen-bond acceptors (Lipinski definition) is 1. The second kappa shape index (κ2) is 4.32. The maximum atomic E-state index is 4.08. The highest BCUT2D eigenvalue weighted by atomic mass is 14.7. The van der Waals surface area contributed by atoms with Gasteiger partial charge in [0.15, 0.2) is 0 Å². The molecular weight excluding hydrogens is 134 g/mol. The highest BCUT2D eigenvalue weighted by Crippen LogP contribution is 2.27. The Labute approximate surface area is 69.2 Å². The SMILES string of the molecule is C=CN=C[C@H]1CCCCC1C. The van der Waals surface area contributed by atoms with E-state index in [1.54, 1.807) is 6.20 Å². The zero-order chi connectivity index (χ0) is 8.10. The lowest BCUT2D eigenvalue weighted by Gasteiger charge is -2.24. The van der Waals surface area contributed by atoms with E-state index in [1.165, 1.54) is 25.7 Å². The van der Waals surface area contributed by atoms with Crippen LogP contribution in [0.4, 0.5) is 0 Å². The first-order valence-electron chi connectivity index (χ1n) is 4.49. The first-order valence-corrected chi connectivity index (χ1v) is 4.49. The van der Waals surface area contributed by atoms with Crippen molar-refractivity contribution in [3.63, 3.8) is 0 Å². The zero-order valence-corrected chi connectivity index (χ0v) is 7.29. The molecule has 1 heteroatoms. The lowest BCUT2D eigenvalue weighted by molar-refractivity contribution is 0.329.